The summed E-state index contributed by atoms with van der Waals surface area (Å²) in [6.07, 6.45) is 0. The molecule has 0 N–H and O–H groups in total. The summed E-state index contributed by atoms with van der Waals surface area (Å²) in [5.74, 6) is 0. The summed E-state index contributed by atoms with van der Waals surface area (Å²) < 4.78 is 2.42. The molecule has 1 aromatic heterocycles. The third-order valence-electron chi connectivity index (χ3n) is 11.8. The van der Waals surface area contributed by atoms with Crippen LogP contribution in [0.5, 0.6) is 0 Å². The van der Waals surface area contributed by atoms with Crippen LogP contribution < -0.4 is 4.90 Å². The Kier molecular flexibility index (Phi) is 6.66. The monoisotopic (exact) mass is 710 g/mol. The van der Waals surface area contributed by atoms with Gasteiger partial charge in [0.2, 0.25) is 0 Å². The standard InChI is InChI=1S/C54H34N2/c1-4-12-40(13-5-1)55(41-14-6-2-7-15-41)43-26-31-45-38(33-43)21-20-36-32-37(24-28-44(36)45)46-27-22-35-23-30-49-53-39(25-29-47(46)52(35)53)34-51-54(49)48-18-10-11-19-50(48)56(51)42-16-8-3-9-17-42/h1-34H. The number of rotatable bonds is 5. The van der Waals surface area contributed by atoms with Crippen molar-refractivity contribution in [2.24, 2.45) is 0 Å². The molecule has 12 rings (SSSR count). The first-order valence-electron chi connectivity index (χ1n) is 19.3. The number of hydrogen-bond donors (Lipinski definition) is 0. The van der Waals surface area contributed by atoms with Crippen molar-refractivity contribution in [1.29, 1.82) is 0 Å². The maximum absolute atomic E-state index is 2.42. The minimum Gasteiger partial charge on any atom is -0.310 e. The molecule has 260 valence electrons. The number of aromatic nitrogens is 1. The predicted octanol–water partition coefficient (Wildman–Crippen LogP) is 15.1. The topological polar surface area (TPSA) is 8.17 Å². The maximum Gasteiger partial charge on any atom is 0.0553 e. The van der Waals surface area contributed by atoms with Gasteiger partial charge >= 0.3 is 0 Å². The predicted molar refractivity (Wildman–Crippen MR) is 240 cm³/mol. The van der Waals surface area contributed by atoms with Crippen molar-refractivity contribution in [2.75, 3.05) is 4.90 Å². The Labute approximate surface area is 324 Å². The van der Waals surface area contributed by atoms with E-state index in [4.69, 9.17) is 0 Å². The Bertz CT molecular complexity index is 3420. The Morgan fingerprint density at radius 1 is 0.304 bits per heavy atom. The lowest BCUT2D eigenvalue weighted by Crippen LogP contribution is -2.09. The molecule has 2 nitrogen and oxygen atoms in total. The van der Waals surface area contributed by atoms with E-state index in [2.05, 4.69) is 216 Å². The van der Waals surface area contributed by atoms with E-state index in [0.717, 1.165) is 17.1 Å². The molecule has 0 bridgehead atoms. The molecule has 0 atom stereocenters. The van der Waals surface area contributed by atoms with Gasteiger partial charge in [0.1, 0.15) is 0 Å². The fourth-order valence-electron chi connectivity index (χ4n) is 9.40. The molecule has 12 aromatic rings. The fraction of sp³-hybridized carbons (Fsp3) is 0. The number of fused-ring (bicyclic) bond motifs is 7. The zero-order chi connectivity index (χ0) is 36.7. The van der Waals surface area contributed by atoms with E-state index in [1.54, 1.807) is 0 Å². The van der Waals surface area contributed by atoms with Crippen LogP contribution in [-0.2, 0) is 0 Å². The molecule has 11 aromatic carbocycles. The largest absolute Gasteiger partial charge is 0.310 e. The lowest BCUT2D eigenvalue weighted by atomic mass is 9.88. The quantitative estimate of drug-likeness (QED) is 0.161. The second-order valence-corrected chi connectivity index (χ2v) is 14.9. The van der Waals surface area contributed by atoms with Gasteiger partial charge in [0.15, 0.2) is 0 Å². The van der Waals surface area contributed by atoms with Crippen molar-refractivity contribution in [3.63, 3.8) is 0 Å². The van der Waals surface area contributed by atoms with Crippen LogP contribution >= 0.6 is 0 Å². The summed E-state index contributed by atoms with van der Waals surface area (Å²) in [5, 5.41) is 15.4. The highest BCUT2D eigenvalue weighted by atomic mass is 15.1. The van der Waals surface area contributed by atoms with Crippen molar-refractivity contribution in [1.82, 2.24) is 4.57 Å². The van der Waals surface area contributed by atoms with Crippen molar-refractivity contribution >= 4 is 92.7 Å². The third kappa shape index (κ3) is 4.57. The van der Waals surface area contributed by atoms with Crippen LogP contribution in [0.3, 0.4) is 0 Å². The smallest absolute Gasteiger partial charge is 0.0553 e. The van der Waals surface area contributed by atoms with Gasteiger partial charge in [0, 0.05) is 33.5 Å². The molecule has 0 aliphatic heterocycles. The van der Waals surface area contributed by atoms with Crippen LogP contribution in [0.25, 0.3) is 92.5 Å². The molecule has 0 radical (unpaired) electrons. The maximum atomic E-state index is 2.42. The molecule has 1 heterocycles. The zero-order valence-electron chi connectivity index (χ0n) is 30.5. The summed E-state index contributed by atoms with van der Waals surface area (Å²) in [7, 11) is 0. The first-order valence-corrected chi connectivity index (χ1v) is 19.3. The molecular formula is C54H34N2. The molecule has 0 saturated heterocycles. The lowest BCUT2D eigenvalue weighted by molar-refractivity contribution is 1.18. The van der Waals surface area contributed by atoms with Gasteiger partial charge < -0.3 is 9.47 Å². The number of hydrogen-bond acceptors (Lipinski definition) is 1. The summed E-state index contributed by atoms with van der Waals surface area (Å²) in [6.45, 7) is 0. The number of benzene rings is 11. The summed E-state index contributed by atoms with van der Waals surface area (Å²) in [5.41, 5.74) is 9.56. The van der Waals surface area contributed by atoms with Gasteiger partial charge in [-0.15, -0.1) is 0 Å². The van der Waals surface area contributed by atoms with Crippen molar-refractivity contribution in [3.8, 4) is 16.8 Å². The van der Waals surface area contributed by atoms with Crippen LogP contribution in [0.15, 0.2) is 206 Å². The van der Waals surface area contributed by atoms with Crippen molar-refractivity contribution in [3.05, 3.63) is 206 Å². The normalized spacial score (nSPS) is 11.9. The zero-order valence-corrected chi connectivity index (χ0v) is 30.5. The SMILES string of the molecule is c1ccc(N(c2ccccc2)c2ccc3c(ccc4cc(-c5ccc6ccc7c8c(ccc5c68)cc5c7c6ccccc6n5-c5ccccc5)ccc43)c2)cc1. The molecule has 0 aliphatic rings. The Morgan fingerprint density at radius 2 is 0.875 bits per heavy atom. The van der Waals surface area contributed by atoms with Crippen LogP contribution in [0, 0.1) is 0 Å². The number of anilines is 3. The molecule has 2 heteroatoms. The van der Waals surface area contributed by atoms with E-state index in [1.165, 1.54) is 92.5 Å². The Balaban J connectivity index is 1.01. The van der Waals surface area contributed by atoms with Gasteiger partial charge in [-0.1, -0.05) is 140 Å². The highest BCUT2D eigenvalue weighted by molar-refractivity contribution is 6.34. The van der Waals surface area contributed by atoms with Crippen LogP contribution in [-0.4, -0.2) is 4.57 Å². The first-order chi connectivity index (χ1) is 27.8. The highest BCUT2D eigenvalue weighted by Crippen LogP contribution is 2.45. The number of nitrogens with zero attached hydrogens (tertiary/aromatic N) is 2. The van der Waals surface area contributed by atoms with E-state index in [-0.39, 0.29) is 0 Å². The van der Waals surface area contributed by atoms with Gasteiger partial charge in [-0.2, -0.15) is 0 Å². The summed E-state index contributed by atoms with van der Waals surface area (Å²) >= 11 is 0. The second kappa shape index (κ2) is 12.0. The van der Waals surface area contributed by atoms with E-state index >= 15 is 0 Å². The molecule has 0 fully saturated rings. The van der Waals surface area contributed by atoms with E-state index in [1.807, 2.05) is 0 Å². The molecular weight excluding hydrogens is 677 g/mol. The summed E-state index contributed by atoms with van der Waals surface area (Å²) in [6, 6.07) is 75.6. The van der Waals surface area contributed by atoms with E-state index in [9.17, 15) is 0 Å². The van der Waals surface area contributed by atoms with Gasteiger partial charge in [0.05, 0.1) is 11.0 Å². The van der Waals surface area contributed by atoms with Gasteiger partial charge in [-0.3, -0.25) is 0 Å². The van der Waals surface area contributed by atoms with E-state index in [0.29, 0.717) is 0 Å². The third-order valence-corrected chi connectivity index (χ3v) is 11.8. The van der Waals surface area contributed by atoms with Gasteiger partial charge in [-0.05, 0) is 132 Å². The fourth-order valence-corrected chi connectivity index (χ4v) is 9.40. The molecule has 56 heavy (non-hydrogen) atoms. The van der Waals surface area contributed by atoms with Crippen molar-refractivity contribution < 1.29 is 0 Å². The lowest BCUT2D eigenvalue weighted by Gasteiger charge is -2.25. The van der Waals surface area contributed by atoms with E-state index < -0.39 is 0 Å². The first kappa shape index (κ1) is 31.0. The highest BCUT2D eigenvalue weighted by Gasteiger charge is 2.20. The van der Waals surface area contributed by atoms with Crippen molar-refractivity contribution in [2.45, 2.75) is 0 Å². The Hall–Kier alpha value is -7.42. The van der Waals surface area contributed by atoms with Gasteiger partial charge in [-0.25, -0.2) is 0 Å². The minimum atomic E-state index is 1.14. The molecule has 0 aliphatic carbocycles. The summed E-state index contributed by atoms with van der Waals surface area (Å²) in [4.78, 5) is 2.33. The van der Waals surface area contributed by atoms with Crippen LogP contribution in [0.2, 0.25) is 0 Å². The van der Waals surface area contributed by atoms with Gasteiger partial charge in [0.25, 0.3) is 0 Å². The minimum absolute atomic E-state index is 1.14. The second-order valence-electron chi connectivity index (χ2n) is 14.9. The van der Waals surface area contributed by atoms with Crippen LogP contribution in [0.4, 0.5) is 17.1 Å². The average molecular weight is 711 g/mol. The Morgan fingerprint density at radius 3 is 1.64 bits per heavy atom. The molecule has 0 amide bonds. The van der Waals surface area contributed by atoms with Crippen LogP contribution in [0.1, 0.15) is 0 Å². The molecule has 0 unspecified atom stereocenters. The average Bonchev–Trinajstić information content (AvgIpc) is 3.60. The number of para-hydroxylation sites is 4. The molecule has 0 spiro atoms. The molecule has 0 saturated carbocycles.